The molecule has 19 heavy (non-hydrogen) atoms. The van der Waals surface area contributed by atoms with Crippen molar-refractivity contribution in [1.29, 1.82) is 0 Å². The maximum absolute atomic E-state index is 11.8. The number of amides is 1. The summed E-state index contributed by atoms with van der Waals surface area (Å²) < 4.78 is 4.82. The highest BCUT2D eigenvalue weighted by atomic mass is 16.5. The summed E-state index contributed by atoms with van der Waals surface area (Å²) in [6.07, 6.45) is 2.17. The van der Waals surface area contributed by atoms with Crippen LogP contribution in [0.15, 0.2) is 4.52 Å². The molecule has 7 nitrogen and oxygen atoms in total. The Bertz CT molecular complexity index is 471. The van der Waals surface area contributed by atoms with Gasteiger partial charge in [-0.15, -0.1) is 0 Å². The van der Waals surface area contributed by atoms with Crippen molar-refractivity contribution < 1.29 is 19.2 Å². The Hall–Kier alpha value is -1.92. The first-order valence-electron chi connectivity index (χ1n) is 6.36. The van der Waals surface area contributed by atoms with Crippen molar-refractivity contribution in [3.63, 3.8) is 0 Å². The van der Waals surface area contributed by atoms with E-state index in [0.29, 0.717) is 43.9 Å². The summed E-state index contributed by atoms with van der Waals surface area (Å²) in [5.41, 5.74) is 0. The van der Waals surface area contributed by atoms with Crippen LogP contribution in [0.3, 0.4) is 0 Å². The summed E-state index contributed by atoms with van der Waals surface area (Å²) in [6.45, 7) is 2.14. The van der Waals surface area contributed by atoms with Crippen molar-refractivity contribution in [3.8, 4) is 0 Å². The number of carbonyl (C=O) groups is 2. The lowest BCUT2D eigenvalue weighted by atomic mass is 10.0. The molecule has 0 bridgehead atoms. The number of aryl methyl sites for hydroxylation is 1. The summed E-state index contributed by atoms with van der Waals surface area (Å²) in [7, 11) is 0. The molecule has 1 aliphatic rings. The molecule has 1 fully saturated rings. The lowest BCUT2D eigenvalue weighted by Gasteiger charge is -2.09. The first-order valence-corrected chi connectivity index (χ1v) is 6.36. The van der Waals surface area contributed by atoms with Crippen LogP contribution in [-0.2, 0) is 16.0 Å². The molecule has 0 spiro atoms. The first-order chi connectivity index (χ1) is 9.06. The van der Waals surface area contributed by atoms with Crippen LogP contribution in [0.5, 0.6) is 0 Å². The topological polar surface area (TPSA) is 105 Å². The number of aromatic nitrogens is 2. The molecule has 2 rings (SSSR count). The van der Waals surface area contributed by atoms with Crippen molar-refractivity contribution in [1.82, 2.24) is 15.5 Å². The Morgan fingerprint density at radius 3 is 2.74 bits per heavy atom. The molecule has 2 atom stereocenters. The average Bonchev–Trinajstić information content (AvgIpc) is 2.98. The number of nitrogens with one attached hydrogen (secondary N) is 1. The highest BCUT2D eigenvalue weighted by Crippen LogP contribution is 2.30. The molecule has 0 saturated heterocycles. The second kappa shape index (κ2) is 5.81. The van der Waals surface area contributed by atoms with Crippen LogP contribution in [-0.4, -0.2) is 33.7 Å². The van der Waals surface area contributed by atoms with Gasteiger partial charge in [-0.25, -0.2) is 0 Å². The number of carbonyl (C=O) groups excluding carboxylic acids is 1. The number of carboxylic acid groups (broad SMARTS) is 1. The van der Waals surface area contributed by atoms with Gasteiger partial charge < -0.3 is 14.9 Å². The number of rotatable bonds is 5. The Morgan fingerprint density at radius 2 is 2.16 bits per heavy atom. The van der Waals surface area contributed by atoms with Gasteiger partial charge in [-0.2, -0.15) is 4.98 Å². The van der Waals surface area contributed by atoms with Gasteiger partial charge in [0.05, 0.1) is 5.92 Å². The van der Waals surface area contributed by atoms with Crippen molar-refractivity contribution in [3.05, 3.63) is 11.7 Å². The first kappa shape index (κ1) is 13.5. The van der Waals surface area contributed by atoms with Crippen LogP contribution in [0.25, 0.3) is 0 Å². The van der Waals surface area contributed by atoms with Gasteiger partial charge in [0.15, 0.2) is 5.82 Å². The lowest BCUT2D eigenvalue weighted by Crippen LogP contribution is -2.31. The van der Waals surface area contributed by atoms with E-state index in [1.165, 1.54) is 0 Å². The predicted molar refractivity (Wildman–Crippen MR) is 64.2 cm³/mol. The summed E-state index contributed by atoms with van der Waals surface area (Å²) in [4.78, 5) is 26.7. The molecule has 0 aromatic carbocycles. The molecule has 1 saturated carbocycles. The van der Waals surface area contributed by atoms with Gasteiger partial charge in [0.2, 0.25) is 11.8 Å². The number of hydrogen-bond acceptors (Lipinski definition) is 5. The second-order valence-electron chi connectivity index (χ2n) is 4.82. The van der Waals surface area contributed by atoms with Gasteiger partial charge in [0.1, 0.15) is 0 Å². The van der Waals surface area contributed by atoms with Crippen LogP contribution in [0, 0.1) is 18.8 Å². The third-order valence-corrected chi connectivity index (χ3v) is 3.37. The van der Waals surface area contributed by atoms with E-state index >= 15 is 0 Å². The van der Waals surface area contributed by atoms with E-state index in [0.717, 1.165) is 0 Å². The summed E-state index contributed by atoms with van der Waals surface area (Å²) in [5.74, 6) is -0.390. The van der Waals surface area contributed by atoms with Crippen molar-refractivity contribution in [2.45, 2.75) is 32.6 Å². The highest BCUT2D eigenvalue weighted by molar-refractivity contribution is 5.80. The van der Waals surface area contributed by atoms with Crippen molar-refractivity contribution >= 4 is 11.9 Å². The third-order valence-electron chi connectivity index (χ3n) is 3.37. The zero-order valence-corrected chi connectivity index (χ0v) is 10.8. The third kappa shape index (κ3) is 3.52. The Kier molecular flexibility index (Phi) is 4.13. The Labute approximate surface area is 110 Å². The standard InChI is InChI=1S/C12H17N3O4/c1-7-14-10(15-19-7)4-5-13-11(16)8-2-3-9(6-8)12(17)18/h8-9H,2-6H2,1H3,(H,13,16)(H,17,18). The van der Waals surface area contributed by atoms with Crippen molar-refractivity contribution in [2.24, 2.45) is 11.8 Å². The lowest BCUT2D eigenvalue weighted by molar-refractivity contribution is -0.141. The minimum atomic E-state index is -0.808. The van der Waals surface area contributed by atoms with E-state index in [1.54, 1.807) is 6.92 Å². The molecule has 1 amide bonds. The highest BCUT2D eigenvalue weighted by Gasteiger charge is 2.33. The fourth-order valence-electron chi connectivity index (χ4n) is 2.33. The number of carboxylic acids is 1. The average molecular weight is 267 g/mol. The van der Waals surface area contributed by atoms with Gasteiger partial charge in [-0.3, -0.25) is 9.59 Å². The maximum atomic E-state index is 11.8. The molecule has 2 N–H and O–H groups in total. The Morgan fingerprint density at radius 1 is 1.42 bits per heavy atom. The van der Waals surface area contributed by atoms with Crippen LogP contribution in [0.2, 0.25) is 0 Å². The molecule has 1 heterocycles. The molecule has 1 aromatic heterocycles. The van der Waals surface area contributed by atoms with Crippen LogP contribution >= 0.6 is 0 Å². The molecular formula is C12H17N3O4. The maximum Gasteiger partial charge on any atom is 0.306 e. The smallest absolute Gasteiger partial charge is 0.306 e. The Balaban J connectivity index is 1.72. The SMILES string of the molecule is Cc1nc(CCNC(=O)C2CCC(C(=O)O)C2)no1. The minimum absolute atomic E-state index is 0.0797. The molecule has 0 radical (unpaired) electrons. The van der Waals surface area contributed by atoms with Crippen LogP contribution in [0.1, 0.15) is 31.0 Å². The minimum Gasteiger partial charge on any atom is -0.481 e. The fourth-order valence-corrected chi connectivity index (χ4v) is 2.33. The quantitative estimate of drug-likeness (QED) is 0.806. The number of nitrogens with zero attached hydrogens (tertiary/aromatic N) is 2. The van der Waals surface area contributed by atoms with E-state index in [-0.39, 0.29) is 17.7 Å². The molecule has 0 aliphatic heterocycles. The molecule has 1 aliphatic carbocycles. The van der Waals surface area contributed by atoms with Gasteiger partial charge in [-0.05, 0) is 19.3 Å². The monoisotopic (exact) mass is 267 g/mol. The van der Waals surface area contributed by atoms with E-state index < -0.39 is 5.97 Å². The van der Waals surface area contributed by atoms with E-state index in [9.17, 15) is 9.59 Å². The number of aliphatic carboxylic acids is 1. The second-order valence-corrected chi connectivity index (χ2v) is 4.82. The molecule has 104 valence electrons. The van der Waals surface area contributed by atoms with Crippen LogP contribution in [0.4, 0.5) is 0 Å². The summed E-state index contributed by atoms with van der Waals surface area (Å²) in [5, 5.41) is 15.4. The van der Waals surface area contributed by atoms with Gasteiger partial charge in [0, 0.05) is 25.8 Å². The largest absolute Gasteiger partial charge is 0.481 e. The van der Waals surface area contributed by atoms with Gasteiger partial charge in [-0.1, -0.05) is 5.16 Å². The van der Waals surface area contributed by atoms with E-state index in [4.69, 9.17) is 9.63 Å². The normalized spacial score (nSPS) is 22.4. The molecule has 7 heteroatoms. The molecule has 2 unspecified atom stereocenters. The predicted octanol–water partition coefficient (Wildman–Crippen LogP) is 0.538. The molecule has 1 aromatic rings. The number of hydrogen-bond donors (Lipinski definition) is 2. The summed E-state index contributed by atoms with van der Waals surface area (Å²) in [6, 6.07) is 0. The fraction of sp³-hybridized carbons (Fsp3) is 0.667. The van der Waals surface area contributed by atoms with E-state index in [1.807, 2.05) is 0 Å². The van der Waals surface area contributed by atoms with Gasteiger partial charge in [0.25, 0.3) is 0 Å². The van der Waals surface area contributed by atoms with Crippen LogP contribution < -0.4 is 5.32 Å². The van der Waals surface area contributed by atoms with Crippen molar-refractivity contribution in [2.75, 3.05) is 6.54 Å². The zero-order chi connectivity index (χ0) is 13.8. The zero-order valence-electron chi connectivity index (χ0n) is 10.8. The van der Waals surface area contributed by atoms with Gasteiger partial charge >= 0.3 is 5.97 Å². The van der Waals surface area contributed by atoms with E-state index in [2.05, 4.69) is 15.5 Å². The summed E-state index contributed by atoms with van der Waals surface area (Å²) >= 11 is 0. The molecular weight excluding hydrogens is 250 g/mol.